The summed E-state index contributed by atoms with van der Waals surface area (Å²) < 4.78 is 29.4. The molecular weight excluding hydrogens is 414 g/mol. The van der Waals surface area contributed by atoms with Crippen LogP contribution in [0.25, 0.3) is 10.9 Å². The number of piperazine rings is 1. The second-order valence-corrected chi connectivity index (χ2v) is 9.62. The highest BCUT2D eigenvalue weighted by Gasteiger charge is 2.30. The Morgan fingerprint density at radius 2 is 1.68 bits per heavy atom. The highest BCUT2D eigenvalue weighted by molar-refractivity contribution is 7.89. The van der Waals surface area contributed by atoms with Gasteiger partial charge in [-0.1, -0.05) is 30.3 Å². The molecule has 0 spiro atoms. The van der Waals surface area contributed by atoms with Crippen molar-refractivity contribution in [3.63, 3.8) is 0 Å². The van der Waals surface area contributed by atoms with E-state index < -0.39 is 10.0 Å². The van der Waals surface area contributed by atoms with E-state index in [-0.39, 0.29) is 29.7 Å². The number of fused-ring (bicyclic) bond motifs is 1. The van der Waals surface area contributed by atoms with Crippen molar-refractivity contribution in [2.75, 3.05) is 26.2 Å². The van der Waals surface area contributed by atoms with Gasteiger partial charge in [-0.25, -0.2) is 8.42 Å². The monoisotopic (exact) mass is 439 g/mol. The lowest BCUT2D eigenvalue weighted by molar-refractivity contribution is -0.132. The molecule has 3 aromatic rings. The Morgan fingerprint density at radius 3 is 2.42 bits per heavy atom. The molecule has 4 rings (SSSR count). The fourth-order valence-electron chi connectivity index (χ4n) is 3.91. The first-order valence-electron chi connectivity index (χ1n) is 10.3. The van der Waals surface area contributed by atoms with E-state index in [9.17, 15) is 18.0 Å². The van der Waals surface area contributed by atoms with Crippen LogP contribution in [0.2, 0.25) is 0 Å². The first-order valence-corrected chi connectivity index (χ1v) is 11.7. The van der Waals surface area contributed by atoms with Gasteiger partial charge in [-0.05, 0) is 36.6 Å². The summed E-state index contributed by atoms with van der Waals surface area (Å²) in [5, 5.41) is 1.14. The van der Waals surface area contributed by atoms with Gasteiger partial charge in [0, 0.05) is 56.4 Å². The van der Waals surface area contributed by atoms with Crippen molar-refractivity contribution in [1.29, 1.82) is 0 Å². The Kier molecular flexibility index (Phi) is 5.93. The number of aromatic nitrogens is 1. The lowest BCUT2D eigenvalue weighted by Gasteiger charge is -2.34. The van der Waals surface area contributed by atoms with Crippen molar-refractivity contribution >= 4 is 32.6 Å². The van der Waals surface area contributed by atoms with E-state index >= 15 is 0 Å². The molecule has 1 aromatic heterocycles. The van der Waals surface area contributed by atoms with Crippen molar-refractivity contribution in [2.45, 2.75) is 24.8 Å². The summed E-state index contributed by atoms with van der Waals surface area (Å²) in [5.74, 6) is -0.156. The maximum atomic E-state index is 13.0. The summed E-state index contributed by atoms with van der Waals surface area (Å²) in [6.07, 6.45) is 2.35. The number of carbonyl (C=O) groups is 2. The summed E-state index contributed by atoms with van der Waals surface area (Å²) in [6.45, 7) is 3.19. The van der Waals surface area contributed by atoms with Crippen LogP contribution in [0.3, 0.4) is 0 Å². The molecule has 0 bridgehead atoms. The van der Waals surface area contributed by atoms with Gasteiger partial charge < -0.3 is 9.47 Å². The van der Waals surface area contributed by atoms with Gasteiger partial charge in [0.2, 0.25) is 15.9 Å². The molecule has 2 heterocycles. The fraction of sp³-hybridized carbons (Fsp3) is 0.304. The van der Waals surface area contributed by atoms with Crippen molar-refractivity contribution in [2.24, 2.45) is 0 Å². The minimum atomic E-state index is -3.70. The van der Waals surface area contributed by atoms with Gasteiger partial charge in [0.25, 0.3) is 0 Å². The standard InChI is InChI=1S/C23H25N3O4S/c1-18(27)20-6-4-7-21(17-20)31(29,30)26-15-13-25(14-16-26)23(28)10-12-24-11-9-19-5-2-3-8-22(19)24/h2-9,11,17H,10,12-16H2,1H3. The molecule has 0 N–H and O–H groups in total. The first-order chi connectivity index (χ1) is 14.9. The third-order valence-electron chi connectivity index (χ3n) is 5.72. The Hall–Kier alpha value is -2.97. The molecule has 0 unspecified atom stereocenters. The second kappa shape index (κ2) is 8.64. The first kappa shape index (κ1) is 21.3. The highest BCUT2D eigenvalue weighted by Crippen LogP contribution is 2.20. The minimum absolute atomic E-state index is 0.0217. The van der Waals surface area contributed by atoms with Gasteiger partial charge in [0.05, 0.1) is 4.90 Å². The lowest BCUT2D eigenvalue weighted by Crippen LogP contribution is -2.50. The van der Waals surface area contributed by atoms with Crippen molar-refractivity contribution in [3.8, 4) is 0 Å². The summed E-state index contributed by atoms with van der Waals surface area (Å²) in [6, 6.07) is 16.2. The molecule has 1 amide bonds. The normalized spacial score (nSPS) is 15.3. The number of ketones is 1. The zero-order valence-electron chi connectivity index (χ0n) is 17.4. The van der Waals surface area contributed by atoms with Gasteiger partial charge in [-0.15, -0.1) is 0 Å². The van der Waals surface area contributed by atoms with Crippen LogP contribution in [0, 0.1) is 0 Å². The summed E-state index contributed by atoms with van der Waals surface area (Å²) in [4.78, 5) is 26.1. The number of nitrogens with zero attached hydrogens (tertiary/aromatic N) is 3. The Balaban J connectivity index is 1.36. The Labute approximate surface area is 181 Å². The number of rotatable bonds is 6. The van der Waals surface area contributed by atoms with Crippen molar-refractivity contribution < 1.29 is 18.0 Å². The van der Waals surface area contributed by atoms with Crippen LogP contribution in [0.15, 0.2) is 65.7 Å². The van der Waals surface area contributed by atoms with E-state index in [1.807, 2.05) is 36.5 Å². The predicted molar refractivity (Wildman–Crippen MR) is 118 cm³/mol. The van der Waals surface area contributed by atoms with E-state index in [0.29, 0.717) is 31.6 Å². The predicted octanol–water partition coefficient (Wildman–Crippen LogP) is 2.77. The number of hydrogen-bond acceptors (Lipinski definition) is 4. The number of sulfonamides is 1. The van der Waals surface area contributed by atoms with Gasteiger partial charge in [-0.2, -0.15) is 4.31 Å². The third-order valence-corrected chi connectivity index (χ3v) is 7.61. The van der Waals surface area contributed by atoms with Crippen LogP contribution in [0.4, 0.5) is 0 Å². The molecule has 8 heteroatoms. The second-order valence-electron chi connectivity index (χ2n) is 7.69. The van der Waals surface area contributed by atoms with Crippen LogP contribution in [0.5, 0.6) is 0 Å². The molecule has 1 aliphatic heterocycles. The fourth-order valence-corrected chi connectivity index (χ4v) is 5.38. The van der Waals surface area contributed by atoms with Crippen LogP contribution >= 0.6 is 0 Å². The molecule has 7 nitrogen and oxygen atoms in total. The zero-order chi connectivity index (χ0) is 22.0. The van der Waals surface area contributed by atoms with E-state index in [2.05, 4.69) is 4.57 Å². The number of Topliss-reactive ketones (excluding diaryl/α,β-unsaturated/α-hetero) is 1. The molecule has 31 heavy (non-hydrogen) atoms. The number of amides is 1. The van der Waals surface area contributed by atoms with Gasteiger partial charge in [0.1, 0.15) is 0 Å². The average Bonchev–Trinajstić information content (AvgIpc) is 3.21. The van der Waals surface area contributed by atoms with E-state index in [1.165, 1.54) is 23.4 Å². The van der Waals surface area contributed by atoms with Crippen LogP contribution in [-0.4, -0.2) is 60.1 Å². The van der Waals surface area contributed by atoms with Gasteiger partial charge in [-0.3, -0.25) is 9.59 Å². The number of para-hydroxylation sites is 1. The average molecular weight is 440 g/mol. The molecule has 162 valence electrons. The molecule has 0 saturated carbocycles. The lowest BCUT2D eigenvalue weighted by atomic mass is 10.2. The van der Waals surface area contributed by atoms with Gasteiger partial charge >= 0.3 is 0 Å². The Bertz CT molecular complexity index is 1220. The Morgan fingerprint density at radius 1 is 0.935 bits per heavy atom. The van der Waals surface area contributed by atoms with Crippen molar-refractivity contribution in [3.05, 3.63) is 66.4 Å². The molecule has 0 aliphatic carbocycles. The SMILES string of the molecule is CC(=O)c1cccc(S(=O)(=O)N2CCN(C(=O)CCn3ccc4ccccc43)CC2)c1. The van der Waals surface area contributed by atoms with E-state index in [1.54, 1.807) is 17.0 Å². The summed E-state index contributed by atoms with van der Waals surface area (Å²) in [7, 11) is -3.70. The molecule has 1 fully saturated rings. The molecule has 0 radical (unpaired) electrons. The van der Waals surface area contributed by atoms with Gasteiger partial charge in [0.15, 0.2) is 5.78 Å². The third kappa shape index (κ3) is 4.40. The van der Waals surface area contributed by atoms with Crippen LogP contribution in [0.1, 0.15) is 23.7 Å². The molecule has 1 saturated heterocycles. The number of carbonyl (C=O) groups excluding carboxylic acids is 2. The topological polar surface area (TPSA) is 79.7 Å². The maximum Gasteiger partial charge on any atom is 0.243 e. The smallest absolute Gasteiger partial charge is 0.243 e. The molecule has 1 aliphatic rings. The quantitative estimate of drug-likeness (QED) is 0.553. The minimum Gasteiger partial charge on any atom is -0.347 e. The number of benzene rings is 2. The number of aryl methyl sites for hydroxylation is 1. The summed E-state index contributed by atoms with van der Waals surface area (Å²) >= 11 is 0. The maximum absolute atomic E-state index is 13.0. The van der Waals surface area contributed by atoms with Crippen molar-refractivity contribution in [1.82, 2.24) is 13.8 Å². The molecular formula is C23H25N3O4S. The van der Waals surface area contributed by atoms with Crippen LogP contribution in [-0.2, 0) is 21.4 Å². The summed E-state index contributed by atoms with van der Waals surface area (Å²) in [5.41, 5.74) is 1.46. The molecule has 2 aromatic carbocycles. The largest absolute Gasteiger partial charge is 0.347 e. The zero-order valence-corrected chi connectivity index (χ0v) is 18.2. The van der Waals surface area contributed by atoms with E-state index in [4.69, 9.17) is 0 Å². The molecule has 0 atom stereocenters. The number of hydrogen-bond donors (Lipinski definition) is 0. The highest BCUT2D eigenvalue weighted by atomic mass is 32.2. The van der Waals surface area contributed by atoms with E-state index in [0.717, 1.165) is 10.9 Å². The van der Waals surface area contributed by atoms with Crippen LogP contribution < -0.4 is 0 Å².